The number of halogens is 1. The molecule has 0 saturated carbocycles. The van der Waals surface area contributed by atoms with Gasteiger partial charge in [0, 0.05) is 30.2 Å². The van der Waals surface area contributed by atoms with Crippen molar-refractivity contribution < 1.29 is 9.53 Å². The van der Waals surface area contributed by atoms with Crippen LogP contribution in [0.15, 0.2) is 42.5 Å². The van der Waals surface area contributed by atoms with Gasteiger partial charge in [-0.1, -0.05) is 41.9 Å². The molecule has 2 aromatic carbocycles. The fourth-order valence-corrected chi connectivity index (χ4v) is 4.75. The second-order valence-corrected chi connectivity index (χ2v) is 8.60. The summed E-state index contributed by atoms with van der Waals surface area (Å²) in [5.41, 5.74) is 5.09. The summed E-state index contributed by atoms with van der Waals surface area (Å²) in [4.78, 5) is 12.7. The number of ether oxygens (including phenoxy) is 1. The zero-order valence-corrected chi connectivity index (χ0v) is 17.1. The van der Waals surface area contributed by atoms with Gasteiger partial charge in [0.2, 0.25) is 5.91 Å². The number of aryl methyl sites for hydroxylation is 2. The average molecular weight is 398 g/mol. The first-order valence-corrected chi connectivity index (χ1v) is 10.7. The van der Waals surface area contributed by atoms with Gasteiger partial charge in [-0.15, -0.1) is 0 Å². The third-order valence-corrected chi connectivity index (χ3v) is 6.52. The lowest BCUT2D eigenvalue weighted by Gasteiger charge is -2.38. The van der Waals surface area contributed by atoms with E-state index in [0.29, 0.717) is 26.2 Å². The van der Waals surface area contributed by atoms with Gasteiger partial charge in [-0.25, -0.2) is 0 Å². The molecular weight excluding hydrogens is 370 g/mol. The minimum absolute atomic E-state index is 0.0867. The van der Waals surface area contributed by atoms with Crippen molar-refractivity contribution in [3.8, 4) is 0 Å². The quantitative estimate of drug-likeness (QED) is 0.799. The van der Waals surface area contributed by atoms with Crippen LogP contribution in [0.3, 0.4) is 0 Å². The number of carbonyl (C=O) groups is 1. The van der Waals surface area contributed by atoms with Crippen LogP contribution in [0.1, 0.15) is 47.9 Å². The third-order valence-electron chi connectivity index (χ3n) is 6.29. The van der Waals surface area contributed by atoms with E-state index in [4.69, 9.17) is 16.3 Å². The van der Waals surface area contributed by atoms with E-state index in [-0.39, 0.29) is 11.3 Å². The van der Waals surface area contributed by atoms with E-state index >= 15 is 0 Å². The molecule has 2 aliphatic rings. The molecule has 0 aromatic heterocycles. The molecule has 1 saturated heterocycles. The van der Waals surface area contributed by atoms with E-state index in [1.807, 2.05) is 18.2 Å². The number of benzene rings is 2. The Labute approximate surface area is 172 Å². The number of rotatable bonds is 5. The molecule has 0 unspecified atom stereocenters. The van der Waals surface area contributed by atoms with Crippen molar-refractivity contribution >= 4 is 17.5 Å². The maximum absolute atomic E-state index is 12.7. The lowest BCUT2D eigenvalue weighted by molar-refractivity contribution is -0.120. The molecule has 28 heavy (non-hydrogen) atoms. The first-order valence-electron chi connectivity index (χ1n) is 10.4. The molecule has 4 heteroatoms. The van der Waals surface area contributed by atoms with Crippen LogP contribution < -0.4 is 5.32 Å². The molecule has 4 rings (SSSR count). The van der Waals surface area contributed by atoms with Gasteiger partial charge in [-0.05, 0) is 72.9 Å². The second-order valence-electron chi connectivity index (χ2n) is 8.17. The Kier molecular flexibility index (Phi) is 6.03. The highest BCUT2D eigenvalue weighted by Crippen LogP contribution is 2.35. The third kappa shape index (κ3) is 4.42. The van der Waals surface area contributed by atoms with E-state index in [0.717, 1.165) is 29.8 Å². The van der Waals surface area contributed by atoms with Crippen LogP contribution in [0.4, 0.5) is 0 Å². The number of fused-ring (bicyclic) bond motifs is 1. The highest BCUT2D eigenvalue weighted by molar-refractivity contribution is 6.30. The summed E-state index contributed by atoms with van der Waals surface area (Å²) in [5, 5.41) is 3.94. The van der Waals surface area contributed by atoms with Gasteiger partial charge in [-0.3, -0.25) is 4.79 Å². The van der Waals surface area contributed by atoms with Crippen LogP contribution in [0.2, 0.25) is 5.02 Å². The first-order chi connectivity index (χ1) is 13.6. The number of amides is 1. The maximum Gasteiger partial charge on any atom is 0.224 e. The molecular formula is C24H28ClNO2. The van der Waals surface area contributed by atoms with E-state index in [1.54, 1.807) is 0 Å². The van der Waals surface area contributed by atoms with Crippen molar-refractivity contribution in [1.82, 2.24) is 5.32 Å². The van der Waals surface area contributed by atoms with E-state index in [2.05, 4.69) is 29.6 Å². The van der Waals surface area contributed by atoms with Gasteiger partial charge in [0.05, 0.1) is 6.42 Å². The normalized spacial score (nSPS) is 18.3. The minimum Gasteiger partial charge on any atom is -0.381 e. The Bertz CT molecular complexity index is 842. The fraction of sp³-hybridized carbons (Fsp3) is 0.458. The predicted octanol–water partition coefficient (Wildman–Crippen LogP) is 4.63. The van der Waals surface area contributed by atoms with Gasteiger partial charge < -0.3 is 10.1 Å². The lowest BCUT2D eigenvalue weighted by atomic mass is 9.74. The van der Waals surface area contributed by atoms with Crippen molar-refractivity contribution in [1.29, 1.82) is 0 Å². The first kappa shape index (κ1) is 19.5. The Morgan fingerprint density at radius 2 is 1.82 bits per heavy atom. The SMILES string of the molecule is O=C(Cc1ccc2c(c1)CCCC2)NCC1(c2cccc(Cl)c2)CCOCC1. The summed E-state index contributed by atoms with van der Waals surface area (Å²) in [7, 11) is 0. The minimum atomic E-state index is -0.103. The summed E-state index contributed by atoms with van der Waals surface area (Å²) < 4.78 is 5.59. The largest absolute Gasteiger partial charge is 0.381 e. The summed E-state index contributed by atoms with van der Waals surface area (Å²) >= 11 is 6.24. The van der Waals surface area contributed by atoms with Crippen LogP contribution in [-0.4, -0.2) is 25.7 Å². The van der Waals surface area contributed by atoms with E-state index in [9.17, 15) is 4.79 Å². The van der Waals surface area contributed by atoms with E-state index in [1.165, 1.54) is 36.0 Å². The number of carbonyl (C=O) groups excluding carboxylic acids is 1. The standard InChI is InChI=1S/C24H28ClNO2/c25-22-7-3-6-21(16-22)24(10-12-28-13-11-24)17-26-23(27)15-18-8-9-19-4-1-2-5-20(19)14-18/h3,6-9,14,16H,1-2,4-5,10-13,15,17H2,(H,26,27). The van der Waals surface area contributed by atoms with E-state index < -0.39 is 0 Å². The lowest BCUT2D eigenvalue weighted by Crippen LogP contribution is -2.45. The molecule has 2 aromatic rings. The van der Waals surface area contributed by atoms with Crippen molar-refractivity contribution in [2.45, 2.75) is 50.4 Å². The molecule has 0 atom stereocenters. The highest BCUT2D eigenvalue weighted by Gasteiger charge is 2.35. The Hall–Kier alpha value is -1.84. The van der Waals surface area contributed by atoms with Crippen LogP contribution in [0.5, 0.6) is 0 Å². The van der Waals surface area contributed by atoms with Gasteiger partial charge >= 0.3 is 0 Å². The molecule has 1 aliphatic carbocycles. The molecule has 148 valence electrons. The monoisotopic (exact) mass is 397 g/mol. The maximum atomic E-state index is 12.7. The molecule has 1 amide bonds. The van der Waals surface area contributed by atoms with Crippen molar-refractivity contribution in [2.75, 3.05) is 19.8 Å². The molecule has 0 bridgehead atoms. The van der Waals surface area contributed by atoms with Gasteiger partial charge in [0.1, 0.15) is 0 Å². The number of hydrogen-bond acceptors (Lipinski definition) is 2. The van der Waals surface area contributed by atoms with Crippen molar-refractivity contribution in [2.24, 2.45) is 0 Å². The molecule has 1 N–H and O–H groups in total. The van der Waals surface area contributed by atoms with Crippen LogP contribution >= 0.6 is 11.6 Å². The van der Waals surface area contributed by atoms with Crippen LogP contribution in [0.25, 0.3) is 0 Å². The molecule has 0 radical (unpaired) electrons. The number of hydrogen-bond donors (Lipinski definition) is 1. The highest BCUT2D eigenvalue weighted by atomic mass is 35.5. The van der Waals surface area contributed by atoms with Crippen LogP contribution in [0, 0.1) is 0 Å². The van der Waals surface area contributed by atoms with Crippen molar-refractivity contribution in [3.63, 3.8) is 0 Å². The fourth-order valence-electron chi connectivity index (χ4n) is 4.56. The summed E-state index contributed by atoms with van der Waals surface area (Å²) in [6.07, 6.45) is 7.08. The van der Waals surface area contributed by atoms with Gasteiger partial charge in [0.15, 0.2) is 0 Å². The van der Waals surface area contributed by atoms with Gasteiger partial charge in [-0.2, -0.15) is 0 Å². The topological polar surface area (TPSA) is 38.3 Å². The summed E-state index contributed by atoms with van der Waals surface area (Å²) in [6, 6.07) is 14.6. The van der Waals surface area contributed by atoms with Crippen molar-refractivity contribution in [3.05, 3.63) is 69.7 Å². The van der Waals surface area contributed by atoms with Gasteiger partial charge in [0.25, 0.3) is 0 Å². The molecule has 1 aliphatic heterocycles. The smallest absolute Gasteiger partial charge is 0.224 e. The Balaban J connectivity index is 1.43. The Morgan fingerprint density at radius 3 is 2.61 bits per heavy atom. The second kappa shape index (κ2) is 8.67. The van der Waals surface area contributed by atoms with Crippen LogP contribution in [-0.2, 0) is 34.2 Å². The molecule has 1 heterocycles. The number of nitrogens with one attached hydrogen (secondary N) is 1. The molecule has 1 fully saturated rings. The summed E-state index contributed by atoms with van der Waals surface area (Å²) in [5.74, 6) is 0.0867. The summed E-state index contributed by atoms with van der Waals surface area (Å²) in [6.45, 7) is 2.06. The zero-order chi connectivity index (χ0) is 19.4. The Morgan fingerprint density at radius 1 is 1.04 bits per heavy atom. The zero-order valence-electron chi connectivity index (χ0n) is 16.3. The predicted molar refractivity (Wildman–Crippen MR) is 113 cm³/mol. The average Bonchev–Trinajstić information content (AvgIpc) is 2.73. The molecule has 3 nitrogen and oxygen atoms in total. The molecule has 0 spiro atoms.